The normalized spacial score (nSPS) is 15.6. The highest BCUT2D eigenvalue weighted by Crippen LogP contribution is 2.29. The molecule has 1 fully saturated rings. The van der Waals surface area contributed by atoms with Gasteiger partial charge in [0.1, 0.15) is 5.75 Å². The third-order valence-electron chi connectivity index (χ3n) is 5.55. The Balaban J connectivity index is 1.55. The molecule has 0 saturated carbocycles. The molecule has 0 aromatic heterocycles. The van der Waals surface area contributed by atoms with E-state index in [1.807, 2.05) is 31.2 Å². The third-order valence-corrected chi connectivity index (χ3v) is 5.55. The summed E-state index contributed by atoms with van der Waals surface area (Å²) in [5, 5.41) is 5.59. The van der Waals surface area contributed by atoms with E-state index in [2.05, 4.69) is 52.7 Å². The first-order chi connectivity index (χ1) is 14.8. The molecular formula is C25H28N2O3. The molecule has 30 heavy (non-hydrogen) atoms. The Labute approximate surface area is 177 Å². The second-order valence-corrected chi connectivity index (χ2v) is 7.40. The number of nitrogens with zero attached hydrogens (tertiary/aromatic N) is 1. The van der Waals surface area contributed by atoms with E-state index in [0.717, 1.165) is 18.8 Å². The topological polar surface area (TPSA) is 50.8 Å². The summed E-state index contributed by atoms with van der Waals surface area (Å²) in [5.74, 6) is 0.701. The SMILES string of the molecule is CCOc1ccc(C(=O)NCC(c2cccc3ccccc23)N2CCOCC2)cc1. The molecule has 156 valence electrons. The molecule has 0 spiro atoms. The minimum Gasteiger partial charge on any atom is -0.494 e. The molecule has 1 atom stereocenters. The van der Waals surface area contributed by atoms with E-state index >= 15 is 0 Å². The largest absolute Gasteiger partial charge is 0.494 e. The summed E-state index contributed by atoms with van der Waals surface area (Å²) < 4.78 is 11.0. The van der Waals surface area contributed by atoms with Gasteiger partial charge in [-0.1, -0.05) is 42.5 Å². The van der Waals surface area contributed by atoms with Gasteiger partial charge in [0, 0.05) is 25.2 Å². The molecular weight excluding hydrogens is 376 g/mol. The van der Waals surface area contributed by atoms with E-state index in [1.165, 1.54) is 16.3 Å². The van der Waals surface area contributed by atoms with Gasteiger partial charge in [-0.2, -0.15) is 0 Å². The van der Waals surface area contributed by atoms with Crippen LogP contribution in [0.25, 0.3) is 10.8 Å². The summed E-state index contributed by atoms with van der Waals surface area (Å²) in [6.07, 6.45) is 0. The van der Waals surface area contributed by atoms with Crippen LogP contribution in [0.15, 0.2) is 66.7 Å². The lowest BCUT2D eigenvalue weighted by atomic mass is 9.97. The van der Waals surface area contributed by atoms with E-state index in [9.17, 15) is 4.79 Å². The number of rotatable bonds is 7. The molecule has 1 heterocycles. The number of morpholine rings is 1. The van der Waals surface area contributed by atoms with Crippen LogP contribution in [0.4, 0.5) is 0 Å². The summed E-state index contributed by atoms with van der Waals surface area (Å²) >= 11 is 0. The molecule has 0 radical (unpaired) electrons. The smallest absolute Gasteiger partial charge is 0.251 e. The van der Waals surface area contributed by atoms with Crippen molar-refractivity contribution in [2.75, 3.05) is 39.5 Å². The average Bonchev–Trinajstić information content (AvgIpc) is 2.80. The fraction of sp³-hybridized carbons (Fsp3) is 0.320. The maximum absolute atomic E-state index is 12.8. The lowest BCUT2D eigenvalue weighted by Crippen LogP contribution is -2.43. The molecule has 1 saturated heterocycles. The summed E-state index contributed by atoms with van der Waals surface area (Å²) in [7, 11) is 0. The van der Waals surface area contributed by atoms with Gasteiger partial charge in [0.05, 0.1) is 25.9 Å². The van der Waals surface area contributed by atoms with Gasteiger partial charge in [-0.15, -0.1) is 0 Å². The highest BCUT2D eigenvalue weighted by atomic mass is 16.5. The van der Waals surface area contributed by atoms with E-state index in [0.29, 0.717) is 31.9 Å². The Bertz CT molecular complexity index is 976. The van der Waals surface area contributed by atoms with Crippen LogP contribution >= 0.6 is 0 Å². The molecule has 5 heteroatoms. The predicted octanol–water partition coefficient (Wildman–Crippen LogP) is 4.04. The first-order valence-electron chi connectivity index (χ1n) is 10.6. The number of ether oxygens (including phenoxy) is 2. The zero-order valence-corrected chi connectivity index (χ0v) is 17.3. The first-order valence-corrected chi connectivity index (χ1v) is 10.6. The Morgan fingerprint density at radius 2 is 1.77 bits per heavy atom. The van der Waals surface area contributed by atoms with Crippen molar-refractivity contribution in [3.63, 3.8) is 0 Å². The van der Waals surface area contributed by atoms with Crippen LogP contribution < -0.4 is 10.1 Å². The second kappa shape index (κ2) is 9.74. The average molecular weight is 405 g/mol. The van der Waals surface area contributed by atoms with Crippen molar-refractivity contribution in [1.29, 1.82) is 0 Å². The van der Waals surface area contributed by atoms with Crippen molar-refractivity contribution < 1.29 is 14.3 Å². The first kappa shape index (κ1) is 20.4. The zero-order valence-electron chi connectivity index (χ0n) is 17.3. The highest BCUT2D eigenvalue weighted by Gasteiger charge is 2.24. The van der Waals surface area contributed by atoms with Crippen LogP contribution in [0.3, 0.4) is 0 Å². The van der Waals surface area contributed by atoms with Gasteiger partial charge in [-0.25, -0.2) is 0 Å². The summed E-state index contributed by atoms with van der Waals surface area (Å²) in [4.78, 5) is 15.2. The van der Waals surface area contributed by atoms with Crippen LogP contribution in [0.1, 0.15) is 28.9 Å². The molecule has 1 aliphatic rings. The van der Waals surface area contributed by atoms with E-state index in [-0.39, 0.29) is 11.9 Å². The van der Waals surface area contributed by atoms with Crippen LogP contribution in [0, 0.1) is 0 Å². The molecule has 1 N–H and O–H groups in total. The van der Waals surface area contributed by atoms with Crippen molar-refractivity contribution in [3.05, 3.63) is 77.9 Å². The number of hydrogen-bond donors (Lipinski definition) is 1. The van der Waals surface area contributed by atoms with Gasteiger partial charge in [0.2, 0.25) is 0 Å². The fourth-order valence-corrected chi connectivity index (χ4v) is 4.03. The number of hydrogen-bond acceptors (Lipinski definition) is 4. The van der Waals surface area contributed by atoms with Crippen molar-refractivity contribution in [2.24, 2.45) is 0 Å². The van der Waals surface area contributed by atoms with Gasteiger partial charge >= 0.3 is 0 Å². The van der Waals surface area contributed by atoms with Gasteiger partial charge in [-0.05, 0) is 47.5 Å². The van der Waals surface area contributed by atoms with Gasteiger partial charge < -0.3 is 14.8 Å². The molecule has 0 aliphatic carbocycles. The molecule has 1 unspecified atom stereocenters. The Morgan fingerprint density at radius 3 is 2.53 bits per heavy atom. The zero-order chi connectivity index (χ0) is 20.8. The number of benzene rings is 3. The lowest BCUT2D eigenvalue weighted by Gasteiger charge is -2.35. The van der Waals surface area contributed by atoms with Crippen molar-refractivity contribution in [3.8, 4) is 5.75 Å². The van der Waals surface area contributed by atoms with Crippen molar-refractivity contribution in [2.45, 2.75) is 13.0 Å². The van der Waals surface area contributed by atoms with E-state index in [1.54, 1.807) is 0 Å². The minimum atomic E-state index is -0.0726. The van der Waals surface area contributed by atoms with Crippen LogP contribution in [-0.2, 0) is 4.74 Å². The van der Waals surface area contributed by atoms with E-state index < -0.39 is 0 Å². The van der Waals surface area contributed by atoms with Crippen molar-refractivity contribution in [1.82, 2.24) is 10.2 Å². The number of fused-ring (bicyclic) bond motifs is 1. The fourth-order valence-electron chi connectivity index (χ4n) is 4.03. The minimum absolute atomic E-state index is 0.0726. The molecule has 1 amide bonds. The molecule has 0 bridgehead atoms. The Kier molecular flexibility index (Phi) is 6.62. The Hall–Kier alpha value is -2.89. The molecule has 3 aromatic rings. The molecule has 3 aromatic carbocycles. The lowest BCUT2D eigenvalue weighted by molar-refractivity contribution is 0.0165. The van der Waals surface area contributed by atoms with Crippen LogP contribution in [-0.4, -0.2) is 50.3 Å². The number of amides is 1. The maximum Gasteiger partial charge on any atom is 0.251 e. The monoisotopic (exact) mass is 404 g/mol. The van der Waals surface area contributed by atoms with Gasteiger partial charge in [0.15, 0.2) is 0 Å². The second-order valence-electron chi connectivity index (χ2n) is 7.40. The standard InChI is InChI=1S/C25H28N2O3/c1-2-30-21-12-10-20(11-13-21)25(28)26-18-24(27-14-16-29-17-15-27)23-9-5-7-19-6-3-4-8-22(19)23/h3-13,24H,2,14-18H2,1H3,(H,26,28). The van der Waals surface area contributed by atoms with Gasteiger partial charge in [0.25, 0.3) is 5.91 Å². The van der Waals surface area contributed by atoms with Gasteiger partial charge in [-0.3, -0.25) is 9.69 Å². The number of carbonyl (C=O) groups excluding carboxylic acids is 1. The highest BCUT2D eigenvalue weighted by molar-refractivity contribution is 5.94. The van der Waals surface area contributed by atoms with Crippen LogP contribution in [0.2, 0.25) is 0 Å². The number of carbonyl (C=O) groups is 1. The van der Waals surface area contributed by atoms with E-state index in [4.69, 9.17) is 9.47 Å². The predicted molar refractivity (Wildman–Crippen MR) is 119 cm³/mol. The summed E-state index contributed by atoms with van der Waals surface area (Å²) in [6.45, 7) is 6.24. The quantitative estimate of drug-likeness (QED) is 0.646. The molecule has 5 nitrogen and oxygen atoms in total. The summed E-state index contributed by atoms with van der Waals surface area (Å²) in [5.41, 5.74) is 1.87. The third kappa shape index (κ3) is 4.64. The Morgan fingerprint density at radius 1 is 1.03 bits per heavy atom. The molecule has 4 rings (SSSR count). The van der Waals surface area contributed by atoms with Crippen molar-refractivity contribution >= 4 is 16.7 Å². The maximum atomic E-state index is 12.8. The number of nitrogens with one attached hydrogen (secondary N) is 1. The summed E-state index contributed by atoms with van der Waals surface area (Å²) in [6, 6.07) is 22.2. The molecule has 1 aliphatic heterocycles. The van der Waals surface area contributed by atoms with Crippen LogP contribution in [0.5, 0.6) is 5.75 Å².